The monoisotopic (exact) mass is 391 g/mol. The Kier molecular flexibility index (Phi) is 4.60. The highest BCUT2D eigenvalue weighted by Gasteiger charge is 2.12. The van der Waals surface area contributed by atoms with Crippen LogP contribution in [0.2, 0.25) is 0 Å². The molecule has 9 nitrogen and oxygen atoms in total. The van der Waals surface area contributed by atoms with Gasteiger partial charge in [-0.1, -0.05) is 42.5 Å². The first-order chi connectivity index (χ1) is 13.6. The number of aromatic amines is 2. The molecule has 0 bridgehead atoms. The molecule has 28 heavy (non-hydrogen) atoms. The highest BCUT2D eigenvalue weighted by atomic mass is 32.1. The van der Waals surface area contributed by atoms with Crippen molar-refractivity contribution in [1.82, 2.24) is 25.1 Å². The van der Waals surface area contributed by atoms with Gasteiger partial charge in [-0.3, -0.25) is 15.2 Å². The van der Waals surface area contributed by atoms with Gasteiger partial charge in [0.15, 0.2) is 0 Å². The first-order valence-corrected chi connectivity index (χ1v) is 8.60. The Balaban J connectivity index is 1.67. The molecule has 0 aliphatic heterocycles. The second kappa shape index (κ2) is 7.37. The average molecular weight is 391 g/mol. The molecule has 0 saturated heterocycles. The van der Waals surface area contributed by atoms with Crippen LogP contribution in [0.1, 0.15) is 5.56 Å². The Morgan fingerprint density at radius 3 is 2.68 bits per heavy atom. The van der Waals surface area contributed by atoms with Crippen molar-refractivity contribution in [3.63, 3.8) is 0 Å². The van der Waals surface area contributed by atoms with E-state index in [2.05, 4.69) is 25.5 Å². The third kappa shape index (κ3) is 3.48. The van der Waals surface area contributed by atoms with Crippen molar-refractivity contribution in [2.75, 3.05) is 0 Å². The zero-order valence-corrected chi connectivity index (χ0v) is 15.1. The lowest BCUT2D eigenvalue weighted by atomic mass is 10.1. The van der Waals surface area contributed by atoms with Gasteiger partial charge in [-0.2, -0.15) is 20.0 Å². The summed E-state index contributed by atoms with van der Waals surface area (Å²) < 4.78 is 1.71. The number of nitrogens with one attached hydrogen (secondary N) is 2. The van der Waals surface area contributed by atoms with Gasteiger partial charge in [0.2, 0.25) is 10.6 Å². The summed E-state index contributed by atoms with van der Waals surface area (Å²) in [6.07, 6.45) is 1.48. The van der Waals surface area contributed by atoms with E-state index in [1.807, 2.05) is 36.4 Å². The maximum atomic E-state index is 10.9. The molecule has 2 heterocycles. The van der Waals surface area contributed by atoms with Crippen LogP contribution in [0.25, 0.3) is 22.8 Å². The van der Waals surface area contributed by atoms with Crippen LogP contribution in [0.5, 0.6) is 0 Å². The van der Waals surface area contributed by atoms with Crippen LogP contribution in [0, 0.1) is 14.9 Å². The van der Waals surface area contributed by atoms with E-state index >= 15 is 0 Å². The fraction of sp³-hybridized carbons (Fsp3) is 0. The predicted octanol–water partition coefficient (Wildman–Crippen LogP) is 3.79. The Bertz CT molecular complexity index is 1220. The number of benzene rings is 2. The van der Waals surface area contributed by atoms with Crippen molar-refractivity contribution in [3.05, 3.63) is 81.1 Å². The van der Waals surface area contributed by atoms with Gasteiger partial charge in [0, 0.05) is 23.3 Å². The van der Waals surface area contributed by atoms with Crippen LogP contribution in [0.4, 0.5) is 5.69 Å². The SMILES string of the molecule is O=[N+]([O-])c1cccc(C=Nn2c(-c3cc(-c4ccccc4)n[nH]3)n[nH]c2=S)c1. The van der Waals surface area contributed by atoms with Gasteiger partial charge in [0.05, 0.1) is 16.8 Å². The summed E-state index contributed by atoms with van der Waals surface area (Å²) in [4.78, 5) is 10.5. The number of H-pyrrole nitrogens is 2. The molecule has 0 spiro atoms. The van der Waals surface area contributed by atoms with E-state index in [1.54, 1.807) is 12.1 Å². The largest absolute Gasteiger partial charge is 0.274 e. The zero-order valence-electron chi connectivity index (χ0n) is 14.3. The van der Waals surface area contributed by atoms with Crippen molar-refractivity contribution in [2.24, 2.45) is 5.10 Å². The van der Waals surface area contributed by atoms with Crippen molar-refractivity contribution >= 4 is 24.1 Å². The van der Waals surface area contributed by atoms with E-state index in [1.165, 1.54) is 23.0 Å². The van der Waals surface area contributed by atoms with Crippen LogP contribution >= 0.6 is 12.2 Å². The lowest BCUT2D eigenvalue weighted by Crippen LogP contribution is -1.96. The predicted molar refractivity (Wildman–Crippen MR) is 107 cm³/mol. The molecule has 0 atom stereocenters. The van der Waals surface area contributed by atoms with Gasteiger partial charge in [0.25, 0.3) is 5.69 Å². The molecule has 0 amide bonds. The minimum Gasteiger partial charge on any atom is -0.274 e. The quantitative estimate of drug-likeness (QED) is 0.232. The molecule has 2 N–H and O–H groups in total. The standard InChI is InChI=1S/C18H13N7O2S/c26-25(27)14-8-4-5-12(9-14)11-19-24-17(22-23-18(24)28)16-10-15(20-21-16)13-6-2-1-3-7-13/h1-11H,(H,20,21)(H,23,28). The zero-order chi connectivity index (χ0) is 19.5. The molecule has 0 radical (unpaired) electrons. The minimum atomic E-state index is -0.456. The van der Waals surface area contributed by atoms with Crippen molar-refractivity contribution in [1.29, 1.82) is 0 Å². The van der Waals surface area contributed by atoms with E-state index in [0.717, 1.165) is 11.3 Å². The topological polar surface area (TPSA) is 118 Å². The van der Waals surface area contributed by atoms with Crippen molar-refractivity contribution < 1.29 is 4.92 Å². The van der Waals surface area contributed by atoms with Gasteiger partial charge in [-0.25, -0.2) is 5.10 Å². The first-order valence-electron chi connectivity index (χ1n) is 8.19. The van der Waals surface area contributed by atoms with Crippen molar-refractivity contribution in [2.45, 2.75) is 0 Å². The molecule has 0 aliphatic rings. The minimum absolute atomic E-state index is 0.0129. The van der Waals surface area contributed by atoms with Gasteiger partial charge in [-0.05, 0) is 18.3 Å². The molecule has 2 aromatic heterocycles. The number of non-ortho nitro benzene ring substituents is 1. The highest BCUT2D eigenvalue weighted by molar-refractivity contribution is 7.71. The van der Waals surface area contributed by atoms with E-state index < -0.39 is 4.92 Å². The number of hydrogen-bond acceptors (Lipinski definition) is 6. The van der Waals surface area contributed by atoms with Crippen LogP contribution in [0.15, 0.2) is 65.8 Å². The van der Waals surface area contributed by atoms with Crippen LogP contribution < -0.4 is 0 Å². The second-order valence-electron chi connectivity index (χ2n) is 5.79. The van der Waals surface area contributed by atoms with Crippen LogP contribution in [0.3, 0.4) is 0 Å². The first kappa shape index (κ1) is 17.5. The van der Waals surface area contributed by atoms with E-state index in [9.17, 15) is 10.1 Å². The van der Waals surface area contributed by atoms with Gasteiger partial charge in [-0.15, -0.1) is 0 Å². The Labute approximate surface area is 163 Å². The summed E-state index contributed by atoms with van der Waals surface area (Å²) in [7, 11) is 0. The molecular formula is C18H13N7O2S. The molecule has 0 aliphatic carbocycles. The summed E-state index contributed by atoms with van der Waals surface area (Å²) in [6.45, 7) is 0. The molecule has 4 rings (SSSR count). The lowest BCUT2D eigenvalue weighted by Gasteiger charge is -1.98. The van der Waals surface area contributed by atoms with E-state index in [0.29, 0.717) is 17.1 Å². The third-order valence-electron chi connectivity index (χ3n) is 3.94. The summed E-state index contributed by atoms with van der Waals surface area (Å²) >= 11 is 5.24. The molecule has 2 aromatic carbocycles. The summed E-state index contributed by atoms with van der Waals surface area (Å²) in [6, 6.07) is 17.7. The van der Waals surface area contributed by atoms with Crippen molar-refractivity contribution in [3.8, 4) is 22.8 Å². The molecule has 0 fully saturated rings. The summed E-state index contributed by atoms with van der Waals surface area (Å²) in [5.41, 5.74) is 2.91. The molecule has 0 unspecified atom stereocenters. The van der Waals surface area contributed by atoms with Gasteiger partial charge >= 0.3 is 0 Å². The third-order valence-corrected chi connectivity index (χ3v) is 4.21. The molecule has 10 heteroatoms. The Hall–Kier alpha value is -3.92. The smallest absolute Gasteiger partial charge is 0.270 e. The average Bonchev–Trinajstić information content (AvgIpc) is 3.34. The fourth-order valence-corrected chi connectivity index (χ4v) is 2.79. The highest BCUT2D eigenvalue weighted by Crippen LogP contribution is 2.22. The Morgan fingerprint density at radius 1 is 1.07 bits per heavy atom. The second-order valence-corrected chi connectivity index (χ2v) is 6.18. The summed E-state index contributed by atoms with van der Waals surface area (Å²) in [5, 5.41) is 29.4. The maximum Gasteiger partial charge on any atom is 0.270 e. The number of rotatable bonds is 5. The normalized spacial score (nSPS) is 11.1. The Morgan fingerprint density at radius 2 is 1.89 bits per heavy atom. The molecular weight excluding hydrogens is 378 g/mol. The van der Waals surface area contributed by atoms with Gasteiger partial charge in [0.1, 0.15) is 5.69 Å². The number of hydrogen-bond donors (Lipinski definition) is 2. The molecule has 4 aromatic rings. The van der Waals surface area contributed by atoms with Crippen LogP contribution in [-0.2, 0) is 0 Å². The van der Waals surface area contributed by atoms with E-state index in [-0.39, 0.29) is 10.5 Å². The number of nitro groups is 1. The molecule has 138 valence electrons. The number of nitro benzene ring substituents is 1. The van der Waals surface area contributed by atoms with Gasteiger partial charge < -0.3 is 0 Å². The van der Waals surface area contributed by atoms with Crippen LogP contribution in [-0.4, -0.2) is 36.2 Å². The number of aromatic nitrogens is 5. The summed E-state index contributed by atoms with van der Waals surface area (Å²) in [5.74, 6) is 0.446. The lowest BCUT2D eigenvalue weighted by molar-refractivity contribution is -0.384. The van der Waals surface area contributed by atoms with E-state index in [4.69, 9.17) is 12.2 Å². The molecule has 0 saturated carbocycles. The number of nitrogens with zero attached hydrogens (tertiary/aromatic N) is 5. The fourth-order valence-electron chi connectivity index (χ4n) is 2.61. The maximum absolute atomic E-state index is 10.9.